The van der Waals surface area contributed by atoms with Crippen molar-refractivity contribution in [2.24, 2.45) is 0 Å². The fraction of sp³-hybridized carbons (Fsp3) is 0.526. The Kier molecular flexibility index (Phi) is 4.65. The van der Waals surface area contributed by atoms with Crippen molar-refractivity contribution >= 4 is 0 Å². The van der Waals surface area contributed by atoms with Crippen molar-refractivity contribution in [1.82, 2.24) is 9.88 Å². The summed E-state index contributed by atoms with van der Waals surface area (Å²) in [5, 5.41) is 0. The lowest BCUT2D eigenvalue weighted by Crippen LogP contribution is -2.51. The molecule has 1 saturated heterocycles. The molecule has 4 rings (SSSR count). The van der Waals surface area contributed by atoms with Gasteiger partial charge in [-0.1, -0.05) is 6.07 Å². The Bertz CT molecular complexity index is 658. The van der Waals surface area contributed by atoms with Crippen LogP contribution in [0.15, 0.2) is 41.1 Å². The van der Waals surface area contributed by atoms with Crippen LogP contribution in [0.2, 0.25) is 0 Å². The normalized spacial score (nSPS) is 27.3. The second-order valence-corrected chi connectivity index (χ2v) is 6.67. The van der Waals surface area contributed by atoms with Crippen LogP contribution in [0.3, 0.4) is 0 Å². The maximum absolute atomic E-state index is 6.15. The maximum atomic E-state index is 6.15. The molecule has 0 unspecified atom stereocenters. The van der Waals surface area contributed by atoms with Crippen molar-refractivity contribution < 1.29 is 13.9 Å². The van der Waals surface area contributed by atoms with E-state index in [1.807, 2.05) is 31.3 Å². The molecular weight excluding hydrogens is 304 g/mol. The van der Waals surface area contributed by atoms with E-state index in [0.29, 0.717) is 12.6 Å². The van der Waals surface area contributed by atoms with Crippen LogP contribution in [0, 0.1) is 6.92 Å². The molecule has 0 bridgehead atoms. The van der Waals surface area contributed by atoms with Gasteiger partial charge in [-0.2, -0.15) is 0 Å². The lowest BCUT2D eigenvalue weighted by Gasteiger charge is -2.38. The Balaban J connectivity index is 1.37. The molecule has 24 heavy (non-hydrogen) atoms. The molecule has 1 saturated carbocycles. The number of morpholine rings is 1. The molecule has 0 N–H and O–H groups in total. The molecule has 1 aliphatic heterocycles. The molecular formula is C19H24N2O3. The third kappa shape index (κ3) is 3.38. The van der Waals surface area contributed by atoms with Crippen LogP contribution < -0.4 is 0 Å². The molecule has 0 amide bonds. The Hall–Kier alpha value is -1.69. The SMILES string of the molecule is Cc1ccc(CN2CCO[C@@H]3[C@H]2CC[C@H]3OCc2cccnc2)o1. The second-order valence-electron chi connectivity index (χ2n) is 6.67. The topological polar surface area (TPSA) is 47.7 Å². The van der Waals surface area contributed by atoms with E-state index in [4.69, 9.17) is 13.9 Å². The summed E-state index contributed by atoms with van der Waals surface area (Å²) in [4.78, 5) is 6.63. The zero-order chi connectivity index (χ0) is 16.4. The van der Waals surface area contributed by atoms with Crippen LogP contribution in [0.5, 0.6) is 0 Å². The maximum Gasteiger partial charge on any atom is 0.118 e. The molecule has 128 valence electrons. The fourth-order valence-corrected chi connectivity index (χ4v) is 3.82. The fourth-order valence-electron chi connectivity index (χ4n) is 3.82. The number of aryl methyl sites for hydroxylation is 1. The lowest BCUT2D eigenvalue weighted by atomic mass is 10.1. The molecule has 3 atom stereocenters. The number of pyridine rings is 1. The van der Waals surface area contributed by atoms with Gasteiger partial charge in [-0.05, 0) is 43.5 Å². The summed E-state index contributed by atoms with van der Waals surface area (Å²) >= 11 is 0. The Labute approximate surface area is 142 Å². The van der Waals surface area contributed by atoms with Gasteiger partial charge in [-0.15, -0.1) is 0 Å². The predicted octanol–water partition coefficient (Wildman–Crippen LogP) is 2.93. The van der Waals surface area contributed by atoms with Crippen LogP contribution in [0.1, 0.15) is 29.9 Å². The van der Waals surface area contributed by atoms with E-state index < -0.39 is 0 Å². The molecule has 5 heteroatoms. The number of hydrogen-bond acceptors (Lipinski definition) is 5. The zero-order valence-corrected chi connectivity index (χ0v) is 14.1. The van der Waals surface area contributed by atoms with Gasteiger partial charge < -0.3 is 13.9 Å². The van der Waals surface area contributed by atoms with E-state index in [1.165, 1.54) is 0 Å². The first-order chi connectivity index (χ1) is 11.8. The van der Waals surface area contributed by atoms with Gasteiger partial charge in [-0.3, -0.25) is 9.88 Å². The van der Waals surface area contributed by atoms with Crippen LogP contribution >= 0.6 is 0 Å². The first kappa shape index (κ1) is 15.8. The minimum Gasteiger partial charge on any atom is -0.465 e. The summed E-state index contributed by atoms with van der Waals surface area (Å²) in [5.41, 5.74) is 1.11. The van der Waals surface area contributed by atoms with Crippen LogP contribution in [-0.2, 0) is 22.6 Å². The van der Waals surface area contributed by atoms with Gasteiger partial charge >= 0.3 is 0 Å². The molecule has 3 heterocycles. The summed E-state index contributed by atoms with van der Waals surface area (Å²) in [6.45, 7) is 5.16. The second kappa shape index (κ2) is 7.05. The van der Waals surface area contributed by atoms with Gasteiger partial charge in [0, 0.05) is 25.0 Å². The number of furan rings is 1. The van der Waals surface area contributed by atoms with Gasteiger partial charge in [0.15, 0.2) is 0 Å². The van der Waals surface area contributed by atoms with Gasteiger partial charge in [0.2, 0.25) is 0 Å². The molecule has 5 nitrogen and oxygen atoms in total. The van der Waals surface area contributed by atoms with E-state index in [2.05, 4.69) is 16.0 Å². The summed E-state index contributed by atoms with van der Waals surface area (Å²) in [7, 11) is 0. The van der Waals surface area contributed by atoms with Crippen molar-refractivity contribution in [2.45, 2.75) is 51.2 Å². The Morgan fingerprint density at radius 1 is 1.29 bits per heavy atom. The summed E-state index contributed by atoms with van der Waals surface area (Å²) in [6, 6.07) is 8.52. The first-order valence-corrected chi connectivity index (χ1v) is 8.71. The van der Waals surface area contributed by atoms with Gasteiger partial charge in [-0.25, -0.2) is 0 Å². The van der Waals surface area contributed by atoms with Gasteiger partial charge in [0.05, 0.1) is 32.0 Å². The Morgan fingerprint density at radius 2 is 2.25 bits per heavy atom. The Morgan fingerprint density at radius 3 is 3.04 bits per heavy atom. The quantitative estimate of drug-likeness (QED) is 0.844. The van der Waals surface area contributed by atoms with E-state index in [1.54, 1.807) is 6.20 Å². The molecule has 2 aliphatic rings. The number of rotatable bonds is 5. The van der Waals surface area contributed by atoms with Crippen LogP contribution in [0.4, 0.5) is 0 Å². The highest BCUT2D eigenvalue weighted by Gasteiger charge is 2.43. The van der Waals surface area contributed by atoms with Crippen molar-refractivity contribution in [3.63, 3.8) is 0 Å². The third-order valence-electron chi connectivity index (χ3n) is 4.99. The van der Waals surface area contributed by atoms with E-state index in [0.717, 1.165) is 49.6 Å². The van der Waals surface area contributed by atoms with Crippen molar-refractivity contribution in [3.05, 3.63) is 53.7 Å². The van der Waals surface area contributed by atoms with Crippen molar-refractivity contribution in [2.75, 3.05) is 13.2 Å². The molecule has 2 fully saturated rings. The smallest absolute Gasteiger partial charge is 0.118 e. The van der Waals surface area contributed by atoms with Gasteiger partial charge in [0.25, 0.3) is 0 Å². The zero-order valence-electron chi connectivity index (χ0n) is 14.1. The summed E-state index contributed by atoms with van der Waals surface area (Å²) in [6.07, 6.45) is 6.13. The van der Waals surface area contributed by atoms with Crippen molar-refractivity contribution in [3.8, 4) is 0 Å². The minimum absolute atomic E-state index is 0.159. The van der Waals surface area contributed by atoms with Crippen LogP contribution in [-0.4, -0.2) is 41.3 Å². The molecule has 0 spiro atoms. The summed E-state index contributed by atoms with van der Waals surface area (Å²) in [5.74, 6) is 2.01. The number of hydrogen-bond donors (Lipinski definition) is 0. The molecule has 2 aromatic heterocycles. The number of nitrogens with zero attached hydrogens (tertiary/aromatic N) is 2. The number of aromatic nitrogens is 1. The van der Waals surface area contributed by atoms with Crippen LogP contribution in [0.25, 0.3) is 0 Å². The van der Waals surface area contributed by atoms with E-state index in [-0.39, 0.29) is 12.2 Å². The highest BCUT2D eigenvalue weighted by Crippen LogP contribution is 2.33. The van der Waals surface area contributed by atoms with E-state index in [9.17, 15) is 0 Å². The highest BCUT2D eigenvalue weighted by molar-refractivity contribution is 5.08. The number of ether oxygens (including phenoxy) is 2. The average molecular weight is 328 g/mol. The highest BCUT2D eigenvalue weighted by atomic mass is 16.5. The van der Waals surface area contributed by atoms with Crippen molar-refractivity contribution in [1.29, 1.82) is 0 Å². The molecule has 1 aliphatic carbocycles. The predicted molar refractivity (Wildman–Crippen MR) is 89.4 cm³/mol. The third-order valence-corrected chi connectivity index (χ3v) is 4.99. The standard InChI is InChI=1S/C19H24N2O3/c1-14-4-5-16(24-14)12-21-9-10-22-19-17(21)6-7-18(19)23-13-15-3-2-8-20-11-15/h2-5,8,11,17-19H,6-7,9-10,12-13H2,1H3/t17-,18-,19-/m1/s1. The molecule has 0 radical (unpaired) electrons. The molecule has 0 aromatic carbocycles. The lowest BCUT2D eigenvalue weighted by molar-refractivity contribution is -0.119. The first-order valence-electron chi connectivity index (χ1n) is 8.71. The average Bonchev–Trinajstić information content (AvgIpc) is 3.21. The van der Waals surface area contributed by atoms with E-state index >= 15 is 0 Å². The monoisotopic (exact) mass is 328 g/mol. The largest absolute Gasteiger partial charge is 0.465 e. The minimum atomic E-state index is 0.159. The number of fused-ring (bicyclic) bond motifs is 1. The molecule has 2 aromatic rings. The summed E-state index contributed by atoms with van der Waals surface area (Å²) < 4.78 is 18.0. The van der Waals surface area contributed by atoms with Gasteiger partial charge in [0.1, 0.15) is 11.5 Å².